The van der Waals surface area contributed by atoms with Gasteiger partial charge in [-0.2, -0.15) is 9.57 Å². The second-order valence-corrected chi connectivity index (χ2v) is 9.44. The van der Waals surface area contributed by atoms with E-state index < -0.39 is 25.9 Å². The van der Waals surface area contributed by atoms with E-state index in [1.54, 1.807) is 0 Å². The van der Waals surface area contributed by atoms with Gasteiger partial charge in [0.2, 0.25) is 10.0 Å². The number of nitrogens with zero attached hydrogens (tertiary/aromatic N) is 2. The first-order chi connectivity index (χ1) is 9.67. The van der Waals surface area contributed by atoms with Crippen molar-refractivity contribution in [3.8, 4) is 6.07 Å². The van der Waals surface area contributed by atoms with Crippen molar-refractivity contribution < 1.29 is 16.8 Å². The summed E-state index contributed by atoms with van der Waals surface area (Å²) in [4.78, 5) is -0.130. The average Bonchev–Trinajstić information content (AvgIpc) is 2.77. The van der Waals surface area contributed by atoms with Crippen molar-refractivity contribution in [1.82, 2.24) is 4.31 Å². The number of halogens is 1. The zero-order valence-electron chi connectivity index (χ0n) is 11.2. The molecule has 1 aromatic rings. The summed E-state index contributed by atoms with van der Waals surface area (Å²) in [7, 11) is -5.74. The summed E-state index contributed by atoms with van der Waals surface area (Å²) < 4.78 is 49.0. The molecule has 0 aliphatic carbocycles. The van der Waals surface area contributed by atoms with Crippen LogP contribution in [0.15, 0.2) is 23.1 Å². The molecule has 1 aliphatic heterocycles. The smallest absolute Gasteiger partial charge is 0.229 e. The van der Waals surface area contributed by atoms with Crippen LogP contribution in [0.25, 0.3) is 0 Å². The molecular formula is C12H13ClN2O4S2. The lowest BCUT2D eigenvalue weighted by molar-refractivity contribution is 0.394. The number of rotatable bonds is 3. The molecule has 0 aromatic heterocycles. The summed E-state index contributed by atoms with van der Waals surface area (Å²) in [5.74, 6) is -0.199. The van der Waals surface area contributed by atoms with Crippen LogP contribution < -0.4 is 0 Å². The zero-order chi connectivity index (χ0) is 15.8. The molecule has 0 saturated carbocycles. The molecule has 2 rings (SSSR count). The van der Waals surface area contributed by atoms with Gasteiger partial charge in [-0.05, 0) is 24.6 Å². The van der Waals surface area contributed by atoms with Crippen LogP contribution in [-0.2, 0) is 19.9 Å². The van der Waals surface area contributed by atoms with Crippen LogP contribution in [0, 0.1) is 11.3 Å². The fraction of sp³-hybridized carbons (Fsp3) is 0.417. The van der Waals surface area contributed by atoms with Crippen LogP contribution in [0.3, 0.4) is 0 Å². The van der Waals surface area contributed by atoms with E-state index in [0.29, 0.717) is 0 Å². The standard InChI is InChI=1S/C12H13ClN2O4S2/c1-15(10-4-5-20(16,17)8-10)21(18,19)12-3-2-9(7-14)6-11(12)13/h2-3,6,10H,4-5,8H2,1H3. The number of hydrogen-bond acceptors (Lipinski definition) is 5. The molecule has 1 saturated heterocycles. The fourth-order valence-corrected chi connectivity index (χ4v) is 5.96. The summed E-state index contributed by atoms with van der Waals surface area (Å²) in [5, 5.41) is 8.71. The molecule has 0 bridgehead atoms. The van der Waals surface area contributed by atoms with Gasteiger partial charge in [-0.15, -0.1) is 0 Å². The highest BCUT2D eigenvalue weighted by Gasteiger charge is 2.37. The van der Waals surface area contributed by atoms with E-state index in [4.69, 9.17) is 16.9 Å². The number of benzene rings is 1. The monoisotopic (exact) mass is 348 g/mol. The predicted molar refractivity (Wildman–Crippen MR) is 78.2 cm³/mol. The van der Waals surface area contributed by atoms with E-state index in [-0.39, 0.29) is 33.4 Å². The van der Waals surface area contributed by atoms with Crippen molar-refractivity contribution in [3.63, 3.8) is 0 Å². The molecule has 6 nitrogen and oxygen atoms in total. The van der Waals surface area contributed by atoms with Gasteiger partial charge in [0.15, 0.2) is 9.84 Å². The van der Waals surface area contributed by atoms with Gasteiger partial charge >= 0.3 is 0 Å². The Morgan fingerprint density at radius 2 is 2.10 bits per heavy atom. The minimum atomic E-state index is -3.90. The number of sulfone groups is 1. The van der Waals surface area contributed by atoms with Crippen molar-refractivity contribution in [3.05, 3.63) is 28.8 Å². The van der Waals surface area contributed by atoms with Gasteiger partial charge in [0.25, 0.3) is 0 Å². The fourth-order valence-electron chi connectivity index (χ4n) is 2.19. The van der Waals surface area contributed by atoms with E-state index in [9.17, 15) is 16.8 Å². The van der Waals surface area contributed by atoms with Crippen molar-refractivity contribution in [2.24, 2.45) is 0 Å². The van der Waals surface area contributed by atoms with Crippen LogP contribution in [0.4, 0.5) is 0 Å². The zero-order valence-corrected chi connectivity index (χ0v) is 13.5. The Hall–Kier alpha value is -1.14. The van der Waals surface area contributed by atoms with Crippen molar-refractivity contribution >= 4 is 31.5 Å². The second kappa shape index (κ2) is 5.57. The maximum atomic E-state index is 12.5. The first kappa shape index (κ1) is 16.2. The second-order valence-electron chi connectivity index (χ2n) is 4.84. The van der Waals surface area contributed by atoms with Crippen molar-refractivity contribution in [2.75, 3.05) is 18.6 Å². The van der Waals surface area contributed by atoms with Gasteiger partial charge in [-0.25, -0.2) is 16.8 Å². The summed E-state index contributed by atoms with van der Waals surface area (Å²) in [6.45, 7) is 0. The molecule has 1 unspecified atom stereocenters. The van der Waals surface area contributed by atoms with Crippen molar-refractivity contribution in [1.29, 1.82) is 5.26 Å². The normalized spacial score (nSPS) is 21.3. The summed E-state index contributed by atoms with van der Waals surface area (Å²) in [5.41, 5.74) is 0.255. The highest BCUT2D eigenvalue weighted by atomic mass is 35.5. The molecule has 21 heavy (non-hydrogen) atoms. The number of sulfonamides is 1. The van der Waals surface area contributed by atoms with Crippen LogP contribution in [0.1, 0.15) is 12.0 Å². The Balaban J connectivity index is 2.37. The quantitative estimate of drug-likeness (QED) is 0.812. The maximum Gasteiger partial charge on any atom is 0.244 e. The third-order valence-electron chi connectivity index (χ3n) is 3.44. The van der Waals surface area contributed by atoms with E-state index in [1.807, 2.05) is 6.07 Å². The summed E-state index contributed by atoms with van der Waals surface area (Å²) >= 11 is 5.92. The third-order valence-corrected chi connectivity index (χ3v) is 7.58. The molecule has 114 valence electrons. The highest BCUT2D eigenvalue weighted by Crippen LogP contribution is 2.28. The van der Waals surface area contributed by atoms with Crippen LogP contribution in [0.5, 0.6) is 0 Å². The molecule has 1 fully saturated rings. The first-order valence-corrected chi connectivity index (χ1v) is 9.69. The molecule has 0 radical (unpaired) electrons. The van der Waals surface area contributed by atoms with Gasteiger partial charge in [0, 0.05) is 13.1 Å². The molecule has 0 N–H and O–H groups in total. The van der Waals surface area contributed by atoms with Gasteiger partial charge in [0.05, 0.1) is 28.2 Å². The third kappa shape index (κ3) is 3.21. The maximum absolute atomic E-state index is 12.5. The van der Waals surface area contributed by atoms with Gasteiger partial charge in [0.1, 0.15) is 4.90 Å². The van der Waals surface area contributed by atoms with E-state index in [2.05, 4.69) is 0 Å². The Morgan fingerprint density at radius 3 is 2.57 bits per heavy atom. The largest absolute Gasteiger partial charge is 0.244 e. The number of hydrogen-bond donors (Lipinski definition) is 0. The summed E-state index contributed by atoms with van der Waals surface area (Å²) in [6, 6.07) is 5.17. The highest BCUT2D eigenvalue weighted by molar-refractivity contribution is 7.92. The molecule has 9 heteroatoms. The summed E-state index contributed by atoms with van der Waals surface area (Å²) in [6.07, 6.45) is 0.270. The molecule has 0 amide bonds. The topological polar surface area (TPSA) is 95.3 Å². The lowest BCUT2D eigenvalue weighted by Gasteiger charge is -2.23. The minimum absolute atomic E-state index is 0.0152. The first-order valence-electron chi connectivity index (χ1n) is 6.05. The molecule has 1 aromatic carbocycles. The number of nitriles is 1. The molecule has 1 atom stereocenters. The van der Waals surface area contributed by atoms with Crippen LogP contribution >= 0.6 is 11.6 Å². The lowest BCUT2D eigenvalue weighted by atomic mass is 10.2. The molecule has 0 spiro atoms. The Bertz CT molecular complexity index is 812. The average molecular weight is 349 g/mol. The Morgan fingerprint density at radius 1 is 1.43 bits per heavy atom. The van der Waals surface area contributed by atoms with E-state index in [0.717, 1.165) is 4.31 Å². The van der Waals surface area contributed by atoms with Crippen LogP contribution in [-0.4, -0.2) is 45.7 Å². The van der Waals surface area contributed by atoms with Gasteiger partial charge in [-0.3, -0.25) is 0 Å². The van der Waals surface area contributed by atoms with E-state index in [1.165, 1.54) is 25.2 Å². The minimum Gasteiger partial charge on any atom is -0.229 e. The Kier molecular flexibility index (Phi) is 4.31. The Labute approximate surface area is 128 Å². The van der Waals surface area contributed by atoms with Gasteiger partial charge in [-0.1, -0.05) is 11.6 Å². The van der Waals surface area contributed by atoms with Crippen LogP contribution in [0.2, 0.25) is 5.02 Å². The van der Waals surface area contributed by atoms with Crippen molar-refractivity contribution in [2.45, 2.75) is 17.4 Å². The van der Waals surface area contributed by atoms with E-state index >= 15 is 0 Å². The molecule has 1 heterocycles. The molecular weight excluding hydrogens is 336 g/mol. The lowest BCUT2D eigenvalue weighted by Crippen LogP contribution is -2.37. The SMILES string of the molecule is CN(C1CCS(=O)(=O)C1)S(=O)(=O)c1ccc(C#N)cc1Cl. The predicted octanol–water partition coefficient (Wildman–Crippen LogP) is 1.02. The van der Waals surface area contributed by atoms with Gasteiger partial charge < -0.3 is 0 Å². The molecule has 1 aliphatic rings.